The zero-order valence-corrected chi connectivity index (χ0v) is 13.8. The number of hydrogen-bond donors (Lipinski definition) is 1. The Labute approximate surface area is 132 Å². The second-order valence-electron chi connectivity index (χ2n) is 4.65. The molecule has 1 N–H and O–H groups in total. The molecule has 2 aromatic carbocycles. The number of rotatable bonds is 5. The lowest BCUT2D eigenvalue weighted by molar-refractivity contribution is 0.352. The topological polar surface area (TPSA) is 30.5 Å². The molecule has 0 saturated heterocycles. The molecule has 0 heterocycles. The molecule has 112 valence electrons. The molecule has 0 fully saturated rings. The second-order valence-corrected chi connectivity index (χ2v) is 5.50. The lowest BCUT2D eigenvalue weighted by Crippen LogP contribution is -2.03. The molecule has 0 aromatic heterocycles. The molecule has 3 nitrogen and oxygen atoms in total. The molecule has 5 heteroatoms. The molecule has 0 aliphatic carbocycles. The minimum Gasteiger partial charge on any atom is -0.493 e. The maximum absolute atomic E-state index is 13.8. The number of methoxy groups -OCH3 is 2. The maximum Gasteiger partial charge on any atom is 0.174 e. The average Bonchev–Trinajstić information content (AvgIpc) is 2.45. The summed E-state index contributed by atoms with van der Waals surface area (Å²) in [5.74, 6) is 1.02. The zero-order chi connectivity index (χ0) is 15.4. The Kier molecular flexibility index (Phi) is 5.07. The first-order chi connectivity index (χ1) is 10.0. The predicted octanol–water partition coefficient (Wildman–Crippen LogP) is 4.53. The highest BCUT2D eigenvalue weighted by atomic mass is 79.9. The average molecular weight is 354 g/mol. The maximum atomic E-state index is 13.8. The van der Waals surface area contributed by atoms with Gasteiger partial charge in [-0.05, 0) is 58.2 Å². The van der Waals surface area contributed by atoms with Crippen molar-refractivity contribution in [1.29, 1.82) is 0 Å². The van der Waals surface area contributed by atoms with Gasteiger partial charge in [0.25, 0.3) is 0 Å². The van der Waals surface area contributed by atoms with E-state index in [1.165, 1.54) is 6.07 Å². The number of aryl methyl sites for hydroxylation is 1. The van der Waals surface area contributed by atoms with Gasteiger partial charge in [0.1, 0.15) is 5.82 Å². The van der Waals surface area contributed by atoms with Gasteiger partial charge in [-0.3, -0.25) is 0 Å². The highest BCUT2D eigenvalue weighted by molar-refractivity contribution is 9.10. The number of benzene rings is 2. The van der Waals surface area contributed by atoms with Crippen LogP contribution in [-0.4, -0.2) is 14.2 Å². The Morgan fingerprint density at radius 2 is 1.90 bits per heavy atom. The Hall–Kier alpha value is -1.75. The van der Waals surface area contributed by atoms with Crippen LogP contribution in [0.3, 0.4) is 0 Å². The van der Waals surface area contributed by atoms with Gasteiger partial charge in [-0.25, -0.2) is 4.39 Å². The summed E-state index contributed by atoms with van der Waals surface area (Å²) in [6, 6.07) is 8.90. The normalized spacial score (nSPS) is 10.3. The zero-order valence-electron chi connectivity index (χ0n) is 12.2. The van der Waals surface area contributed by atoms with E-state index in [0.29, 0.717) is 23.7 Å². The van der Waals surface area contributed by atoms with Crippen molar-refractivity contribution in [3.63, 3.8) is 0 Å². The summed E-state index contributed by atoms with van der Waals surface area (Å²) in [7, 11) is 3.17. The molecule has 0 aliphatic rings. The first-order valence-electron chi connectivity index (χ1n) is 6.45. The molecule has 2 rings (SSSR count). The third-order valence-electron chi connectivity index (χ3n) is 3.10. The highest BCUT2D eigenvalue weighted by Crippen LogP contribution is 2.36. The fraction of sp³-hybridized carbons (Fsp3) is 0.250. The molecule has 0 unspecified atom stereocenters. The van der Waals surface area contributed by atoms with Crippen molar-refractivity contribution < 1.29 is 13.9 Å². The van der Waals surface area contributed by atoms with Crippen LogP contribution < -0.4 is 14.8 Å². The molecule has 0 spiro atoms. The van der Waals surface area contributed by atoms with Gasteiger partial charge >= 0.3 is 0 Å². The van der Waals surface area contributed by atoms with E-state index in [9.17, 15) is 4.39 Å². The van der Waals surface area contributed by atoms with Crippen molar-refractivity contribution in [2.75, 3.05) is 19.5 Å². The number of halogens is 2. The summed E-state index contributed by atoms with van der Waals surface area (Å²) in [5.41, 5.74) is 2.33. The van der Waals surface area contributed by atoms with E-state index in [1.807, 2.05) is 25.1 Å². The largest absolute Gasteiger partial charge is 0.493 e. The van der Waals surface area contributed by atoms with Crippen LogP contribution in [0.2, 0.25) is 0 Å². The van der Waals surface area contributed by atoms with Gasteiger partial charge in [0, 0.05) is 6.54 Å². The summed E-state index contributed by atoms with van der Waals surface area (Å²) in [6.07, 6.45) is 0. The van der Waals surface area contributed by atoms with Gasteiger partial charge in [-0.2, -0.15) is 0 Å². The monoisotopic (exact) mass is 353 g/mol. The van der Waals surface area contributed by atoms with E-state index < -0.39 is 0 Å². The van der Waals surface area contributed by atoms with Gasteiger partial charge < -0.3 is 14.8 Å². The van der Waals surface area contributed by atoms with Crippen LogP contribution in [0, 0.1) is 12.7 Å². The van der Waals surface area contributed by atoms with Gasteiger partial charge in [0.2, 0.25) is 0 Å². The van der Waals surface area contributed by atoms with Gasteiger partial charge in [0.15, 0.2) is 11.5 Å². The van der Waals surface area contributed by atoms with Crippen molar-refractivity contribution in [3.8, 4) is 11.5 Å². The third kappa shape index (κ3) is 3.67. The Morgan fingerprint density at radius 3 is 2.52 bits per heavy atom. The molecule has 0 saturated carbocycles. The SMILES string of the molecule is COc1cc(CNc2ccc(C)cc2F)cc(Br)c1OC. The molecule has 0 aliphatic heterocycles. The van der Waals surface area contributed by atoms with Crippen LogP contribution in [0.4, 0.5) is 10.1 Å². The number of nitrogens with one attached hydrogen (secondary N) is 1. The van der Waals surface area contributed by atoms with E-state index in [2.05, 4.69) is 21.2 Å². The first-order valence-corrected chi connectivity index (χ1v) is 7.25. The molecule has 0 atom stereocenters. The highest BCUT2D eigenvalue weighted by Gasteiger charge is 2.11. The summed E-state index contributed by atoms with van der Waals surface area (Å²) >= 11 is 3.44. The van der Waals surface area contributed by atoms with E-state index in [-0.39, 0.29) is 5.82 Å². The Morgan fingerprint density at radius 1 is 1.14 bits per heavy atom. The predicted molar refractivity (Wildman–Crippen MR) is 85.7 cm³/mol. The van der Waals surface area contributed by atoms with Crippen LogP contribution in [0.15, 0.2) is 34.8 Å². The second kappa shape index (κ2) is 6.80. The lowest BCUT2D eigenvalue weighted by Gasteiger charge is -2.13. The molecule has 2 aromatic rings. The van der Waals surface area contributed by atoms with Crippen molar-refractivity contribution in [2.45, 2.75) is 13.5 Å². The smallest absolute Gasteiger partial charge is 0.174 e. The van der Waals surface area contributed by atoms with Crippen LogP contribution in [0.25, 0.3) is 0 Å². The third-order valence-corrected chi connectivity index (χ3v) is 3.69. The van der Waals surface area contributed by atoms with E-state index in [1.54, 1.807) is 20.3 Å². The Balaban J connectivity index is 2.18. The lowest BCUT2D eigenvalue weighted by atomic mass is 10.1. The van der Waals surface area contributed by atoms with Gasteiger partial charge in [0.05, 0.1) is 24.4 Å². The summed E-state index contributed by atoms with van der Waals surface area (Å²) in [4.78, 5) is 0. The molecular weight excluding hydrogens is 337 g/mol. The standard InChI is InChI=1S/C16H17BrFNO2/c1-10-4-5-14(13(18)6-10)19-9-11-7-12(17)16(21-3)15(8-11)20-2/h4-8,19H,9H2,1-3H3. The van der Waals surface area contributed by atoms with E-state index in [4.69, 9.17) is 9.47 Å². The number of anilines is 1. The molecular formula is C16H17BrFNO2. The summed E-state index contributed by atoms with van der Waals surface area (Å²) in [5, 5.41) is 3.08. The molecule has 0 radical (unpaired) electrons. The van der Waals surface area contributed by atoms with E-state index in [0.717, 1.165) is 15.6 Å². The number of ether oxygens (including phenoxy) is 2. The number of hydrogen-bond acceptors (Lipinski definition) is 3. The minimum atomic E-state index is -0.255. The first kappa shape index (κ1) is 15.6. The van der Waals surface area contributed by atoms with Crippen LogP contribution in [0.5, 0.6) is 11.5 Å². The molecule has 0 bridgehead atoms. The van der Waals surface area contributed by atoms with Gasteiger partial charge in [-0.1, -0.05) is 6.07 Å². The summed E-state index contributed by atoms with van der Waals surface area (Å²) in [6.45, 7) is 2.34. The van der Waals surface area contributed by atoms with Crippen molar-refractivity contribution in [1.82, 2.24) is 0 Å². The fourth-order valence-corrected chi connectivity index (χ4v) is 2.69. The minimum absolute atomic E-state index is 0.255. The van der Waals surface area contributed by atoms with Crippen molar-refractivity contribution in [3.05, 3.63) is 51.7 Å². The van der Waals surface area contributed by atoms with Crippen LogP contribution >= 0.6 is 15.9 Å². The van der Waals surface area contributed by atoms with Crippen molar-refractivity contribution >= 4 is 21.6 Å². The van der Waals surface area contributed by atoms with E-state index >= 15 is 0 Å². The Bertz CT molecular complexity index is 646. The quantitative estimate of drug-likeness (QED) is 0.856. The fourth-order valence-electron chi connectivity index (χ4n) is 2.03. The molecule has 21 heavy (non-hydrogen) atoms. The van der Waals surface area contributed by atoms with Crippen molar-refractivity contribution in [2.24, 2.45) is 0 Å². The summed E-state index contributed by atoms with van der Waals surface area (Å²) < 4.78 is 25.1. The molecule has 0 amide bonds. The van der Waals surface area contributed by atoms with Crippen LogP contribution in [0.1, 0.15) is 11.1 Å². The van der Waals surface area contributed by atoms with Gasteiger partial charge in [-0.15, -0.1) is 0 Å². The van der Waals surface area contributed by atoms with Crippen LogP contribution in [-0.2, 0) is 6.54 Å².